The maximum atomic E-state index is 13.2. The van der Waals surface area contributed by atoms with E-state index in [0.717, 1.165) is 23.2 Å². The third kappa shape index (κ3) is 5.55. The normalized spacial score (nSPS) is 15.6. The number of nitrogens with zero attached hydrogens (tertiary/aromatic N) is 2. The van der Waals surface area contributed by atoms with E-state index in [1.807, 2.05) is 84.6 Å². The van der Waals surface area contributed by atoms with Gasteiger partial charge in [-0.15, -0.1) is 0 Å². The second-order valence-corrected chi connectivity index (χ2v) is 8.33. The van der Waals surface area contributed by atoms with Gasteiger partial charge in [0, 0.05) is 31.7 Å². The molecule has 1 heterocycles. The molecule has 1 atom stereocenters. The lowest BCUT2D eigenvalue weighted by Crippen LogP contribution is -2.46. The fourth-order valence-corrected chi connectivity index (χ4v) is 4.01. The van der Waals surface area contributed by atoms with Gasteiger partial charge in [0.1, 0.15) is 0 Å². The van der Waals surface area contributed by atoms with Crippen LogP contribution in [-0.2, 0) is 17.8 Å². The number of amides is 3. The Morgan fingerprint density at radius 3 is 2.22 bits per heavy atom. The predicted octanol–water partition coefficient (Wildman–Crippen LogP) is 4.55. The summed E-state index contributed by atoms with van der Waals surface area (Å²) < 4.78 is 0. The fourth-order valence-electron chi connectivity index (χ4n) is 4.01. The van der Waals surface area contributed by atoms with Gasteiger partial charge in [-0.3, -0.25) is 4.79 Å². The standard InChI is InChI=1S/C27H29N3O2/c1-21-12-14-25(15-13-21)30-20-24(18-26(30)31)28-27(32)29(19-23-10-6-3-7-11-23)17-16-22-8-4-2-5-9-22/h2-15,24H,16-20H2,1H3,(H,28,32)/t24-/m1/s1. The zero-order valence-electron chi connectivity index (χ0n) is 18.4. The van der Waals surface area contributed by atoms with Crippen LogP contribution in [-0.4, -0.2) is 36.0 Å². The van der Waals surface area contributed by atoms with Crippen molar-refractivity contribution >= 4 is 17.6 Å². The van der Waals surface area contributed by atoms with E-state index >= 15 is 0 Å². The van der Waals surface area contributed by atoms with E-state index in [2.05, 4.69) is 17.4 Å². The van der Waals surface area contributed by atoms with E-state index < -0.39 is 0 Å². The zero-order valence-corrected chi connectivity index (χ0v) is 18.4. The molecule has 0 radical (unpaired) electrons. The van der Waals surface area contributed by atoms with Crippen molar-refractivity contribution in [3.63, 3.8) is 0 Å². The average Bonchev–Trinajstić information content (AvgIpc) is 3.18. The molecule has 32 heavy (non-hydrogen) atoms. The maximum Gasteiger partial charge on any atom is 0.318 e. The summed E-state index contributed by atoms with van der Waals surface area (Å²) in [5, 5.41) is 3.10. The highest BCUT2D eigenvalue weighted by Crippen LogP contribution is 2.22. The number of rotatable bonds is 7. The monoisotopic (exact) mass is 427 g/mol. The molecule has 0 bridgehead atoms. The van der Waals surface area contributed by atoms with Crippen molar-refractivity contribution in [2.45, 2.75) is 32.4 Å². The molecule has 1 aliphatic rings. The maximum absolute atomic E-state index is 13.2. The lowest BCUT2D eigenvalue weighted by atomic mass is 10.1. The van der Waals surface area contributed by atoms with Crippen LogP contribution in [0.25, 0.3) is 0 Å². The molecule has 164 valence electrons. The molecular weight excluding hydrogens is 398 g/mol. The van der Waals surface area contributed by atoms with Crippen molar-refractivity contribution < 1.29 is 9.59 Å². The molecule has 0 spiro atoms. The summed E-state index contributed by atoms with van der Waals surface area (Å²) in [4.78, 5) is 29.4. The van der Waals surface area contributed by atoms with Gasteiger partial charge in [-0.05, 0) is 36.6 Å². The molecule has 4 rings (SSSR count). The van der Waals surface area contributed by atoms with Gasteiger partial charge in [0.15, 0.2) is 0 Å². The Bertz CT molecular complexity index is 1040. The average molecular weight is 428 g/mol. The van der Waals surface area contributed by atoms with E-state index in [1.54, 1.807) is 4.90 Å². The van der Waals surface area contributed by atoms with Gasteiger partial charge in [-0.25, -0.2) is 4.79 Å². The quantitative estimate of drug-likeness (QED) is 0.601. The summed E-state index contributed by atoms with van der Waals surface area (Å²) in [5.41, 5.74) is 4.31. The van der Waals surface area contributed by atoms with Crippen LogP contribution in [0.2, 0.25) is 0 Å². The van der Waals surface area contributed by atoms with E-state index in [1.165, 1.54) is 5.56 Å². The summed E-state index contributed by atoms with van der Waals surface area (Å²) in [5.74, 6) is 0.0399. The smallest absolute Gasteiger partial charge is 0.318 e. The van der Waals surface area contributed by atoms with Crippen LogP contribution < -0.4 is 10.2 Å². The third-order valence-electron chi connectivity index (χ3n) is 5.81. The minimum atomic E-state index is -0.202. The highest BCUT2D eigenvalue weighted by Gasteiger charge is 2.32. The Balaban J connectivity index is 1.42. The van der Waals surface area contributed by atoms with Crippen LogP contribution >= 0.6 is 0 Å². The number of benzene rings is 3. The molecule has 1 saturated heterocycles. The molecule has 1 aliphatic heterocycles. The second kappa shape index (κ2) is 10.1. The highest BCUT2D eigenvalue weighted by atomic mass is 16.2. The number of urea groups is 1. The number of anilines is 1. The van der Waals surface area contributed by atoms with Gasteiger partial charge in [0.2, 0.25) is 5.91 Å². The summed E-state index contributed by atoms with van der Waals surface area (Å²) >= 11 is 0. The van der Waals surface area contributed by atoms with Crippen molar-refractivity contribution in [2.75, 3.05) is 18.0 Å². The van der Waals surface area contributed by atoms with E-state index in [9.17, 15) is 9.59 Å². The van der Waals surface area contributed by atoms with Crippen molar-refractivity contribution in [3.8, 4) is 0 Å². The van der Waals surface area contributed by atoms with Crippen LogP contribution in [0.5, 0.6) is 0 Å². The molecule has 3 aromatic carbocycles. The second-order valence-electron chi connectivity index (χ2n) is 8.33. The first-order valence-corrected chi connectivity index (χ1v) is 11.1. The SMILES string of the molecule is Cc1ccc(N2C[C@H](NC(=O)N(CCc3ccccc3)Cc3ccccc3)CC2=O)cc1. The van der Waals surface area contributed by atoms with E-state index in [-0.39, 0.29) is 18.0 Å². The molecular formula is C27H29N3O2. The van der Waals surface area contributed by atoms with Crippen molar-refractivity contribution in [1.82, 2.24) is 10.2 Å². The summed E-state index contributed by atoms with van der Waals surface area (Å²) in [7, 11) is 0. The van der Waals surface area contributed by atoms with Crippen molar-refractivity contribution in [1.29, 1.82) is 0 Å². The molecule has 0 aromatic heterocycles. The van der Waals surface area contributed by atoms with Gasteiger partial charge in [-0.1, -0.05) is 78.4 Å². The molecule has 1 N–H and O–H groups in total. The summed E-state index contributed by atoms with van der Waals surface area (Å²) in [6.07, 6.45) is 1.09. The van der Waals surface area contributed by atoms with Crippen LogP contribution in [0.4, 0.5) is 10.5 Å². The molecule has 0 aliphatic carbocycles. The van der Waals surface area contributed by atoms with Gasteiger partial charge < -0.3 is 15.1 Å². The predicted molar refractivity (Wildman–Crippen MR) is 127 cm³/mol. The molecule has 3 amide bonds. The Labute approximate surface area is 189 Å². The molecule has 0 saturated carbocycles. The molecule has 5 heteroatoms. The Kier molecular flexibility index (Phi) is 6.85. The Morgan fingerprint density at radius 1 is 0.938 bits per heavy atom. The number of nitrogens with one attached hydrogen (secondary N) is 1. The van der Waals surface area contributed by atoms with Crippen molar-refractivity contribution in [2.24, 2.45) is 0 Å². The molecule has 0 unspecified atom stereocenters. The van der Waals surface area contributed by atoms with Gasteiger partial charge in [0.25, 0.3) is 0 Å². The first kappa shape index (κ1) is 21.6. The number of carbonyl (C=O) groups excluding carboxylic acids is 2. The van der Waals surface area contributed by atoms with Crippen LogP contribution in [0.15, 0.2) is 84.9 Å². The van der Waals surface area contributed by atoms with Crippen LogP contribution in [0, 0.1) is 6.92 Å². The highest BCUT2D eigenvalue weighted by molar-refractivity contribution is 5.96. The minimum Gasteiger partial charge on any atom is -0.333 e. The van der Waals surface area contributed by atoms with E-state index in [4.69, 9.17) is 0 Å². The topological polar surface area (TPSA) is 52.7 Å². The van der Waals surface area contributed by atoms with Gasteiger partial charge in [0.05, 0.1) is 6.04 Å². The number of hydrogen-bond acceptors (Lipinski definition) is 2. The lowest BCUT2D eigenvalue weighted by molar-refractivity contribution is -0.117. The molecule has 5 nitrogen and oxygen atoms in total. The number of hydrogen-bond donors (Lipinski definition) is 1. The number of aryl methyl sites for hydroxylation is 1. The summed E-state index contributed by atoms with van der Waals surface area (Å²) in [6, 6.07) is 27.8. The van der Waals surface area contributed by atoms with Crippen LogP contribution in [0.3, 0.4) is 0 Å². The van der Waals surface area contributed by atoms with Crippen LogP contribution in [0.1, 0.15) is 23.1 Å². The van der Waals surface area contributed by atoms with Crippen molar-refractivity contribution in [3.05, 3.63) is 102 Å². The fraction of sp³-hybridized carbons (Fsp3) is 0.259. The minimum absolute atomic E-state index is 0.0399. The first-order valence-electron chi connectivity index (χ1n) is 11.1. The summed E-state index contributed by atoms with van der Waals surface area (Å²) in [6.45, 7) is 3.65. The van der Waals surface area contributed by atoms with Gasteiger partial charge >= 0.3 is 6.03 Å². The van der Waals surface area contributed by atoms with E-state index in [0.29, 0.717) is 26.1 Å². The Morgan fingerprint density at radius 2 is 1.56 bits per heavy atom. The lowest BCUT2D eigenvalue weighted by Gasteiger charge is -2.25. The van der Waals surface area contributed by atoms with Gasteiger partial charge in [-0.2, -0.15) is 0 Å². The molecule has 3 aromatic rings. The zero-order chi connectivity index (χ0) is 22.3. The number of carbonyl (C=O) groups is 2. The third-order valence-corrected chi connectivity index (χ3v) is 5.81. The first-order chi connectivity index (χ1) is 15.6. The Hall–Kier alpha value is -3.60. The largest absolute Gasteiger partial charge is 0.333 e. The molecule has 1 fully saturated rings.